The summed E-state index contributed by atoms with van der Waals surface area (Å²) < 4.78 is 68.9. The Morgan fingerprint density at radius 3 is 2.32 bits per heavy atom. The van der Waals surface area contributed by atoms with Crippen LogP contribution in [-0.4, -0.2) is 73.7 Å². The van der Waals surface area contributed by atoms with Crippen LogP contribution in [0.5, 0.6) is 0 Å². The van der Waals surface area contributed by atoms with Crippen molar-refractivity contribution in [2.75, 3.05) is 12.3 Å². The van der Waals surface area contributed by atoms with E-state index >= 15 is 0 Å². The van der Waals surface area contributed by atoms with Crippen LogP contribution in [0.2, 0.25) is 0 Å². The highest BCUT2D eigenvalue weighted by Gasteiger charge is 2.51. The van der Waals surface area contributed by atoms with E-state index in [2.05, 4.69) is 38.1 Å². The van der Waals surface area contributed by atoms with E-state index in [1.54, 1.807) is 0 Å². The Bertz CT molecular complexity index is 1510. The molecule has 28 heteroatoms. The number of azide groups is 1. The Morgan fingerprint density at radius 2 is 1.74 bits per heavy atom. The molecule has 1 aliphatic heterocycles. The average Bonchev–Trinajstić information content (AvgIpc) is 3.25. The Labute approximate surface area is 207 Å². The number of phosphoric ester groups is 2. The zero-order valence-corrected chi connectivity index (χ0v) is 21.5. The first-order chi connectivity index (χ1) is 17.3. The number of aromatic nitrogens is 4. The quantitative estimate of drug-likeness (QED) is 0.0646. The van der Waals surface area contributed by atoms with Gasteiger partial charge in [0, 0.05) is 4.91 Å². The number of anilines is 1. The molecular weight excluding hydrogens is 612 g/mol. The summed E-state index contributed by atoms with van der Waals surface area (Å²) in [5, 5.41) is 3.34. The number of rotatable bonds is 11. The Morgan fingerprint density at radius 1 is 1.13 bits per heavy atom. The average molecular weight is 628 g/mol. The molecule has 38 heavy (non-hydrogen) atoms. The van der Waals surface area contributed by atoms with Gasteiger partial charge in [-0.15, -0.1) is 0 Å². The highest BCUT2D eigenvalue weighted by atomic mass is 31.3. The second kappa shape index (κ2) is 10.8. The third kappa shape index (κ3) is 7.75. The lowest BCUT2D eigenvalue weighted by molar-refractivity contribution is -0.0421. The van der Waals surface area contributed by atoms with Crippen LogP contribution in [0.15, 0.2) is 16.2 Å². The monoisotopic (exact) mass is 628 g/mol. The lowest BCUT2D eigenvalue weighted by Gasteiger charge is -2.23. The molecule has 2 aromatic heterocycles. The van der Waals surface area contributed by atoms with Crippen molar-refractivity contribution in [3.63, 3.8) is 0 Å². The molecular formula is C10H16N8O16P4. The minimum absolute atomic E-state index is 0.286. The minimum atomic E-state index is -5.71. The van der Waals surface area contributed by atoms with Crippen LogP contribution in [0.3, 0.4) is 0 Å². The van der Waals surface area contributed by atoms with Crippen molar-refractivity contribution in [1.82, 2.24) is 19.5 Å². The summed E-state index contributed by atoms with van der Waals surface area (Å²) in [6.07, 6.45) is -4.74. The van der Waals surface area contributed by atoms with E-state index in [1.165, 1.54) is 0 Å². The SMILES string of the molecule is [N-]=[N+]=N[C@@H]1[C@H](OP(=O)(O)OP(=O)(O)O)[C@@H](COP(=O)(O)OP(=O)(O)O)O[C@H]1n1cnc2c(=O)[nH]c(N)nc21. The van der Waals surface area contributed by atoms with Crippen molar-refractivity contribution in [1.29, 1.82) is 0 Å². The van der Waals surface area contributed by atoms with Gasteiger partial charge in [0.15, 0.2) is 11.2 Å². The molecule has 212 valence electrons. The standard InChI is InChI=1S/C10H16N8O16P4/c11-10-14-7-5(8(19)15-10)13-2-18(7)9-4(16-17-12)6(32-38(28,29)34-36(23,24)25)3(31-9)1-30-37(26,27)33-35(20,21)22/h2-4,6,9H,1H2,(H,26,27)(H,28,29)(H2,20,21,22)(H2,23,24,25)(H3,11,14,15,19)/t3-,4-,6-,9-/m1/s1. The van der Waals surface area contributed by atoms with Crippen molar-refractivity contribution in [3.8, 4) is 0 Å². The summed E-state index contributed by atoms with van der Waals surface area (Å²) in [6, 6.07) is -1.81. The van der Waals surface area contributed by atoms with Gasteiger partial charge >= 0.3 is 31.3 Å². The predicted molar refractivity (Wildman–Crippen MR) is 116 cm³/mol. The topological polar surface area (TPSA) is 374 Å². The molecule has 0 amide bonds. The van der Waals surface area contributed by atoms with Crippen LogP contribution in [0.1, 0.15) is 6.23 Å². The van der Waals surface area contributed by atoms with Crippen molar-refractivity contribution in [3.05, 3.63) is 27.1 Å². The Balaban J connectivity index is 2.05. The van der Waals surface area contributed by atoms with Gasteiger partial charge in [-0.05, 0) is 5.53 Å². The fourth-order valence-electron chi connectivity index (χ4n) is 3.16. The number of aromatic amines is 1. The molecule has 1 aliphatic rings. The van der Waals surface area contributed by atoms with E-state index in [-0.39, 0.29) is 11.2 Å². The molecule has 2 aromatic rings. The Hall–Kier alpha value is -2.06. The molecule has 1 fully saturated rings. The number of phosphoric acid groups is 4. The van der Waals surface area contributed by atoms with E-state index in [4.69, 9.17) is 40.1 Å². The van der Waals surface area contributed by atoms with Crippen molar-refractivity contribution >= 4 is 48.4 Å². The number of ether oxygens (including phenoxy) is 1. The van der Waals surface area contributed by atoms with Gasteiger partial charge in [-0.1, -0.05) is 5.11 Å². The van der Waals surface area contributed by atoms with Crippen LogP contribution in [0, 0.1) is 0 Å². The number of nitrogens with zero attached hydrogens (tertiary/aromatic N) is 6. The number of hydrogen-bond donors (Lipinski definition) is 8. The van der Waals surface area contributed by atoms with Crippen LogP contribution in [0.25, 0.3) is 21.6 Å². The van der Waals surface area contributed by atoms with E-state index in [1.807, 2.05) is 0 Å². The van der Waals surface area contributed by atoms with Gasteiger partial charge in [-0.2, -0.15) is 13.6 Å². The highest BCUT2D eigenvalue weighted by molar-refractivity contribution is 7.61. The number of nitrogens with two attached hydrogens (primary N) is 1. The lowest BCUT2D eigenvalue weighted by Crippen LogP contribution is -2.35. The minimum Gasteiger partial charge on any atom is -0.369 e. The highest BCUT2D eigenvalue weighted by Crippen LogP contribution is 2.60. The van der Waals surface area contributed by atoms with Gasteiger partial charge in [0.2, 0.25) is 5.95 Å². The fraction of sp³-hybridized carbons (Fsp3) is 0.500. The van der Waals surface area contributed by atoms with Crippen molar-refractivity contribution in [2.24, 2.45) is 5.11 Å². The van der Waals surface area contributed by atoms with Crippen LogP contribution < -0.4 is 11.3 Å². The van der Waals surface area contributed by atoms with Crippen LogP contribution in [0.4, 0.5) is 5.95 Å². The molecule has 1 saturated heterocycles. The molecule has 0 bridgehead atoms. The first-order valence-electron chi connectivity index (χ1n) is 9.25. The zero-order chi connectivity index (χ0) is 28.7. The van der Waals surface area contributed by atoms with E-state index in [0.717, 1.165) is 10.9 Å². The molecule has 0 radical (unpaired) electrons. The molecule has 0 saturated carbocycles. The van der Waals surface area contributed by atoms with Crippen molar-refractivity contribution in [2.45, 2.75) is 24.5 Å². The summed E-state index contributed by atoms with van der Waals surface area (Å²) in [7, 11) is -22.5. The smallest absolute Gasteiger partial charge is 0.369 e. The summed E-state index contributed by atoms with van der Waals surface area (Å²) in [6.45, 7) is -1.24. The van der Waals surface area contributed by atoms with Gasteiger partial charge in [-0.25, -0.2) is 23.2 Å². The molecule has 2 unspecified atom stereocenters. The number of hydrogen-bond acceptors (Lipinski definition) is 14. The van der Waals surface area contributed by atoms with Gasteiger partial charge in [0.1, 0.15) is 24.5 Å². The normalized spacial score (nSPS) is 25.5. The van der Waals surface area contributed by atoms with Crippen LogP contribution in [-0.2, 0) is 40.7 Å². The van der Waals surface area contributed by atoms with E-state index in [9.17, 15) is 32.8 Å². The lowest BCUT2D eigenvalue weighted by atomic mass is 10.1. The van der Waals surface area contributed by atoms with Crippen LogP contribution >= 0.6 is 31.3 Å². The van der Waals surface area contributed by atoms with E-state index < -0.39 is 73.9 Å². The maximum atomic E-state index is 12.2. The summed E-state index contributed by atoms with van der Waals surface area (Å²) >= 11 is 0. The first-order valence-corrected chi connectivity index (χ1v) is 15.3. The third-order valence-corrected chi connectivity index (χ3v) is 8.63. The summed E-state index contributed by atoms with van der Waals surface area (Å²) in [5.41, 5.74) is 13.1. The number of fused-ring (bicyclic) bond motifs is 1. The van der Waals surface area contributed by atoms with E-state index in [0.29, 0.717) is 0 Å². The van der Waals surface area contributed by atoms with Gasteiger partial charge < -0.3 is 39.8 Å². The van der Waals surface area contributed by atoms with Gasteiger partial charge in [0.25, 0.3) is 5.56 Å². The molecule has 24 nitrogen and oxygen atoms in total. The molecule has 0 aliphatic carbocycles. The van der Waals surface area contributed by atoms with Gasteiger partial charge in [0.05, 0.1) is 12.9 Å². The predicted octanol–water partition coefficient (Wildman–Crippen LogP) is -0.901. The molecule has 6 atom stereocenters. The Kier molecular flexibility index (Phi) is 8.69. The fourth-order valence-corrected chi connectivity index (χ4v) is 6.55. The zero-order valence-electron chi connectivity index (χ0n) is 17.9. The molecule has 3 heterocycles. The third-order valence-electron chi connectivity index (χ3n) is 4.30. The number of H-pyrrole nitrogens is 1. The maximum absolute atomic E-state index is 12.2. The summed E-state index contributed by atoms with van der Waals surface area (Å²) in [5.74, 6) is -0.402. The first kappa shape index (κ1) is 30.5. The number of nitrogens with one attached hydrogen (secondary N) is 1. The second-order valence-corrected chi connectivity index (χ2v) is 12.6. The maximum Gasteiger partial charge on any atom is 0.481 e. The molecule has 0 aromatic carbocycles. The number of nitrogen functional groups attached to an aromatic ring is 1. The summed E-state index contributed by atoms with van der Waals surface area (Å²) in [4.78, 5) is 79.0. The molecule has 3 rings (SSSR count). The van der Waals surface area contributed by atoms with Gasteiger partial charge in [-0.3, -0.25) is 23.4 Å². The van der Waals surface area contributed by atoms with Crippen molar-refractivity contribution < 1.29 is 70.0 Å². The number of imidazole rings is 1. The largest absolute Gasteiger partial charge is 0.481 e. The molecule has 0 spiro atoms. The second-order valence-electron chi connectivity index (χ2n) is 6.98. The molecule has 9 N–H and O–H groups in total.